The van der Waals surface area contributed by atoms with Gasteiger partial charge >= 0.3 is 0 Å². The van der Waals surface area contributed by atoms with Crippen LogP contribution in [0.3, 0.4) is 0 Å². The van der Waals surface area contributed by atoms with Crippen LogP contribution in [-0.2, 0) is 4.79 Å². The summed E-state index contributed by atoms with van der Waals surface area (Å²) in [4.78, 5) is 13.2. The molecule has 1 aromatic heterocycles. The van der Waals surface area contributed by atoms with Crippen molar-refractivity contribution in [3.63, 3.8) is 0 Å². The molecule has 2 aromatic rings. The van der Waals surface area contributed by atoms with Gasteiger partial charge in [0.05, 0.1) is 5.75 Å². The van der Waals surface area contributed by atoms with E-state index in [2.05, 4.69) is 10.2 Å². The maximum absolute atomic E-state index is 13.8. The highest BCUT2D eigenvalue weighted by molar-refractivity contribution is 8.00. The number of thioether (sulfide) groups is 1. The monoisotopic (exact) mass is 299 g/mol. The molecule has 1 unspecified atom stereocenters. The third-order valence-corrected chi connectivity index (χ3v) is 4.53. The van der Waals surface area contributed by atoms with Crippen molar-refractivity contribution in [2.45, 2.75) is 5.37 Å². The van der Waals surface area contributed by atoms with Crippen molar-refractivity contribution in [1.29, 1.82) is 0 Å². The van der Waals surface area contributed by atoms with Crippen LogP contribution in [0.15, 0.2) is 23.7 Å². The molecule has 1 aliphatic rings. The molecule has 98 valence electrons. The summed E-state index contributed by atoms with van der Waals surface area (Å²) in [6, 6.07) is 3.22. The Balaban J connectivity index is 2.04. The van der Waals surface area contributed by atoms with Crippen molar-refractivity contribution in [1.82, 2.24) is 10.2 Å². The minimum Gasteiger partial charge on any atom is -0.273 e. The lowest BCUT2D eigenvalue weighted by Crippen LogP contribution is -2.28. The van der Waals surface area contributed by atoms with E-state index < -0.39 is 17.0 Å². The van der Waals surface area contributed by atoms with Gasteiger partial charge in [0.2, 0.25) is 11.0 Å². The number of hydrogen-bond acceptors (Lipinski definition) is 5. The summed E-state index contributed by atoms with van der Waals surface area (Å²) < 4.78 is 27.1. The van der Waals surface area contributed by atoms with Gasteiger partial charge in [0.15, 0.2) is 0 Å². The van der Waals surface area contributed by atoms with Crippen LogP contribution in [0, 0.1) is 11.6 Å². The first-order chi connectivity index (χ1) is 9.16. The molecule has 0 radical (unpaired) electrons. The number of rotatable bonds is 2. The SMILES string of the molecule is O=C1CSC(c2cc(F)ccc2F)N1c1nncs1. The van der Waals surface area contributed by atoms with Crippen molar-refractivity contribution < 1.29 is 13.6 Å². The standard InChI is InChI=1S/C11H7F2N3OS2/c12-6-1-2-8(13)7(3-6)10-16(9(17)4-18-10)11-15-14-5-19-11/h1-3,5,10H,4H2. The largest absolute Gasteiger partial charge is 0.273 e. The van der Waals surface area contributed by atoms with E-state index in [0.29, 0.717) is 5.13 Å². The second-order valence-corrected chi connectivity index (χ2v) is 5.69. The number of halogens is 2. The van der Waals surface area contributed by atoms with E-state index in [9.17, 15) is 13.6 Å². The number of benzene rings is 1. The van der Waals surface area contributed by atoms with Crippen LogP contribution in [0.2, 0.25) is 0 Å². The number of anilines is 1. The fraction of sp³-hybridized carbons (Fsp3) is 0.182. The van der Waals surface area contributed by atoms with Crippen molar-refractivity contribution in [3.05, 3.63) is 40.9 Å². The van der Waals surface area contributed by atoms with E-state index in [1.165, 1.54) is 33.5 Å². The molecule has 0 saturated carbocycles. The zero-order valence-corrected chi connectivity index (χ0v) is 11.0. The van der Waals surface area contributed by atoms with Gasteiger partial charge < -0.3 is 0 Å². The Morgan fingerprint density at radius 3 is 2.95 bits per heavy atom. The first kappa shape index (κ1) is 12.5. The predicted molar refractivity (Wildman–Crippen MR) is 69.0 cm³/mol. The number of carbonyl (C=O) groups is 1. The van der Waals surface area contributed by atoms with Crippen molar-refractivity contribution in [2.24, 2.45) is 0 Å². The van der Waals surface area contributed by atoms with Crippen LogP contribution in [0.5, 0.6) is 0 Å². The molecule has 1 amide bonds. The lowest BCUT2D eigenvalue weighted by atomic mass is 10.2. The number of carbonyl (C=O) groups excluding carboxylic acids is 1. The molecule has 19 heavy (non-hydrogen) atoms. The van der Waals surface area contributed by atoms with Crippen LogP contribution in [0.25, 0.3) is 0 Å². The fourth-order valence-electron chi connectivity index (χ4n) is 1.84. The molecular formula is C11H7F2N3OS2. The first-order valence-electron chi connectivity index (χ1n) is 5.31. The Kier molecular flexibility index (Phi) is 3.19. The maximum Gasteiger partial charge on any atom is 0.240 e. The summed E-state index contributed by atoms with van der Waals surface area (Å²) in [5, 5.41) is 7.28. The Bertz CT molecular complexity index is 620. The van der Waals surface area contributed by atoms with E-state index in [1.54, 1.807) is 0 Å². The number of amides is 1. The number of aromatic nitrogens is 2. The van der Waals surface area contributed by atoms with Crippen molar-refractivity contribution in [2.75, 3.05) is 10.7 Å². The summed E-state index contributed by atoms with van der Waals surface area (Å²) >= 11 is 2.43. The van der Waals surface area contributed by atoms with Crippen LogP contribution < -0.4 is 4.90 Å². The second-order valence-electron chi connectivity index (χ2n) is 3.81. The zero-order chi connectivity index (χ0) is 13.4. The van der Waals surface area contributed by atoms with Gasteiger partial charge in [0, 0.05) is 5.56 Å². The van der Waals surface area contributed by atoms with Gasteiger partial charge in [-0.05, 0) is 18.2 Å². The Morgan fingerprint density at radius 2 is 2.21 bits per heavy atom. The molecule has 0 N–H and O–H groups in total. The Hall–Kier alpha value is -1.54. The Labute approximate surface area is 115 Å². The third kappa shape index (κ3) is 2.21. The van der Waals surface area contributed by atoms with Crippen LogP contribution in [-0.4, -0.2) is 21.9 Å². The molecule has 1 atom stereocenters. The molecule has 1 saturated heterocycles. The molecule has 4 nitrogen and oxygen atoms in total. The maximum atomic E-state index is 13.8. The van der Waals surface area contributed by atoms with Crippen molar-refractivity contribution >= 4 is 34.1 Å². The minimum absolute atomic E-state index is 0.144. The summed E-state index contributed by atoms with van der Waals surface area (Å²) in [7, 11) is 0. The zero-order valence-electron chi connectivity index (χ0n) is 9.42. The van der Waals surface area contributed by atoms with Gasteiger partial charge in [-0.15, -0.1) is 22.0 Å². The topological polar surface area (TPSA) is 46.1 Å². The highest BCUT2D eigenvalue weighted by Crippen LogP contribution is 2.42. The molecule has 8 heteroatoms. The summed E-state index contributed by atoms with van der Waals surface area (Å²) in [5.41, 5.74) is 1.64. The van der Waals surface area contributed by atoms with Gasteiger partial charge in [-0.1, -0.05) is 11.3 Å². The van der Waals surface area contributed by atoms with Gasteiger partial charge in [-0.3, -0.25) is 9.69 Å². The molecule has 1 fully saturated rings. The number of nitrogens with zero attached hydrogens (tertiary/aromatic N) is 3. The second kappa shape index (κ2) is 4.86. The normalized spacial score (nSPS) is 19.2. The quantitative estimate of drug-likeness (QED) is 0.855. The Morgan fingerprint density at radius 1 is 1.37 bits per heavy atom. The smallest absolute Gasteiger partial charge is 0.240 e. The summed E-state index contributed by atoms with van der Waals surface area (Å²) in [5.74, 6) is -1.05. The summed E-state index contributed by atoms with van der Waals surface area (Å²) in [6.45, 7) is 0. The average Bonchev–Trinajstić information content (AvgIpc) is 3.01. The van der Waals surface area contributed by atoms with Gasteiger partial charge in [-0.25, -0.2) is 8.78 Å². The molecule has 1 aliphatic heterocycles. The van der Waals surface area contributed by atoms with Gasteiger partial charge in [0.25, 0.3) is 0 Å². The predicted octanol–water partition coefficient (Wildman–Crippen LogP) is 2.59. The van der Waals surface area contributed by atoms with Gasteiger partial charge in [-0.2, -0.15) is 0 Å². The third-order valence-electron chi connectivity index (χ3n) is 2.65. The molecule has 0 spiro atoms. The minimum atomic E-state index is -0.601. The van der Waals surface area contributed by atoms with E-state index >= 15 is 0 Å². The molecule has 2 heterocycles. The molecule has 0 aliphatic carbocycles. The van der Waals surface area contributed by atoms with Crippen LogP contribution in [0.1, 0.15) is 10.9 Å². The summed E-state index contributed by atoms with van der Waals surface area (Å²) in [6.07, 6.45) is 0. The first-order valence-corrected chi connectivity index (χ1v) is 7.24. The average molecular weight is 299 g/mol. The molecule has 0 bridgehead atoms. The lowest BCUT2D eigenvalue weighted by Gasteiger charge is -2.21. The molecular weight excluding hydrogens is 292 g/mol. The van der Waals surface area contributed by atoms with E-state index in [0.717, 1.165) is 18.2 Å². The lowest BCUT2D eigenvalue weighted by molar-refractivity contribution is -0.115. The van der Waals surface area contributed by atoms with E-state index in [-0.39, 0.29) is 17.2 Å². The van der Waals surface area contributed by atoms with E-state index in [4.69, 9.17) is 0 Å². The molecule has 1 aromatic carbocycles. The van der Waals surface area contributed by atoms with Crippen LogP contribution >= 0.6 is 23.1 Å². The highest BCUT2D eigenvalue weighted by Gasteiger charge is 2.37. The fourth-order valence-corrected chi connectivity index (χ4v) is 3.67. The van der Waals surface area contributed by atoms with Crippen LogP contribution in [0.4, 0.5) is 13.9 Å². The van der Waals surface area contributed by atoms with Crippen molar-refractivity contribution in [3.8, 4) is 0 Å². The van der Waals surface area contributed by atoms with Gasteiger partial charge in [0.1, 0.15) is 22.5 Å². The number of hydrogen-bond donors (Lipinski definition) is 0. The highest BCUT2D eigenvalue weighted by atomic mass is 32.2. The van der Waals surface area contributed by atoms with E-state index in [1.807, 2.05) is 0 Å². The molecule has 3 rings (SSSR count).